The molecule has 0 unspecified atom stereocenters. The molecule has 1 rings (SSSR count). The van der Waals surface area contributed by atoms with Gasteiger partial charge in [0, 0.05) is 12.1 Å². The van der Waals surface area contributed by atoms with Gasteiger partial charge in [-0.05, 0) is 38.6 Å². The fourth-order valence-corrected chi connectivity index (χ4v) is 1.21. The summed E-state index contributed by atoms with van der Waals surface area (Å²) in [6.07, 6.45) is 0. The van der Waals surface area contributed by atoms with Crippen LogP contribution in [0.15, 0.2) is 24.3 Å². The van der Waals surface area contributed by atoms with Gasteiger partial charge in [0.05, 0.1) is 6.61 Å². The molecule has 0 radical (unpaired) electrons. The summed E-state index contributed by atoms with van der Waals surface area (Å²) >= 11 is 0. The van der Waals surface area contributed by atoms with Gasteiger partial charge in [-0.25, -0.2) is 0 Å². The molecule has 0 aromatic heterocycles. The lowest BCUT2D eigenvalue weighted by atomic mass is 10.0. The number of likely N-dealkylation sites (N-methyl/N-ethyl adjacent to an activating group) is 1. The van der Waals surface area contributed by atoms with E-state index in [0.29, 0.717) is 0 Å². The minimum atomic E-state index is -0.224. The number of aliphatic hydroxyl groups excluding tert-OH is 1. The Kier molecular flexibility index (Phi) is 3.72. The first-order chi connectivity index (χ1) is 6.95. The van der Waals surface area contributed by atoms with E-state index in [1.54, 1.807) is 12.1 Å². The van der Waals surface area contributed by atoms with Gasteiger partial charge in [0.25, 0.3) is 0 Å². The maximum atomic E-state index is 9.20. The summed E-state index contributed by atoms with van der Waals surface area (Å²) in [6, 6.07) is 7.13. The molecule has 84 valence electrons. The molecule has 0 aliphatic carbocycles. The highest BCUT2D eigenvalue weighted by Gasteiger charge is 2.22. The minimum Gasteiger partial charge on any atom is -0.508 e. The van der Waals surface area contributed by atoms with Crippen molar-refractivity contribution in [3.8, 4) is 5.75 Å². The van der Waals surface area contributed by atoms with Gasteiger partial charge in [-0.15, -0.1) is 0 Å². The van der Waals surface area contributed by atoms with E-state index in [2.05, 4.69) is 4.90 Å². The number of benzene rings is 1. The highest BCUT2D eigenvalue weighted by atomic mass is 16.3. The zero-order valence-electron chi connectivity index (χ0n) is 9.57. The maximum absolute atomic E-state index is 9.20. The van der Waals surface area contributed by atoms with Crippen LogP contribution in [-0.2, 0) is 6.54 Å². The Labute approximate surface area is 91.0 Å². The van der Waals surface area contributed by atoms with E-state index in [4.69, 9.17) is 5.11 Å². The van der Waals surface area contributed by atoms with Gasteiger partial charge in [-0.1, -0.05) is 12.1 Å². The Morgan fingerprint density at radius 1 is 1.20 bits per heavy atom. The van der Waals surface area contributed by atoms with Crippen molar-refractivity contribution in [1.82, 2.24) is 4.90 Å². The molecule has 0 fully saturated rings. The zero-order chi connectivity index (χ0) is 11.5. The Hall–Kier alpha value is -1.06. The molecule has 0 saturated carbocycles. The Bertz CT molecular complexity index is 306. The summed E-state index contributed by atoms with van der Waals surface area (Å²) in [5.74, 6) is 0.280. The zero-order valence-corrected chi connectivity index (χ0v) is 9.57. The lowest BCUT2D eigenvalue weighted by Crippen LogP contribution is -2.43. The van der Waals surface area contributed by atoms with Crippen molar-refractivity contribution in [2.24, 2.45) is 0 Å². The Morgan fingerprint density at radius 3 is 2.20 bits per heavy atom. The second-order valence-corrected chi connectivity index (χ2v) is 4.49. The Morgan fingerprint density at radius 2 is 1.73 bits per heavy atom. The third-order valence-electron chi connectivity index (χ3n) is 2.78. The van der Waals surface area contributed by atoms with E-state index in [0.717, 1.165) is 12.1 Å². The van der Waals surface area contributed by atoms with Gasteiger partial charge in [-0.3, -0.25) is 4.90 Å². The third kappa shape index (κ3) is 3.22. The largest absolute Gasteiger partial charge is 0.508 e. The summed E-state index contributed by atoms with van der Waals surface area (Å²) in [7, 11) is 1.98. The van der Waals surface area contributed by atoms with Crippen LogP contribution in [0, 0.1) is 0 Å². The molecule has 0 aliphatic heterocycles. The molecule has 1 aromatic rings. The van der Waals surface area contributed by atoms with Gasteiger partial charge < -0.3 is 10.2 Å². The molecular formula is C12H19NO2. The number of hydrogen-bond donors (Lipinski definition) is 2. The molecule has 15 heavy (non-hydrogen) atoms. The number of hydrogen-bond acceptors (Lipinski definition) is 3. The normalized spacial score (nSPS) is 12.1. The van der Waals surface area contributed by atoms with Gasteiger partial charge in [0.2, 0.25) is 0 Å². The second kappa shape index (κ2) is 4.64. The standard InChI is InChI=1S/C12H19NO2/c1-12(2,9-14)13(3)8-10-4-6-11(15)7-5-10/h4-7,14-15H,8-9H2,1-3H3. The number of nitrogens with zero attached hydrogens (tertiary/aromatic N) is 1. The molecule has 0 spiro atoms. The van der Waals surface area contributed by atoms with Crippen LogP contribution in [0.3, 0.4) is 0 Å². The molecule has 3 nitrogen and oxygen atoms in total. The molecule has 0 atom stereocenters. The third-order valence-corrected chi connectivity index (χ3v) is 2.78. The molecule has 0 saturated heterocycles. The number of aromatic hydroxyl groups is 1. The van der Waals surface area contributed by atoms with Crippen molar-refractivity contribution in [2.75, 3.05) is 13.7 Å². The van der Waals surface area contributed by atoms with Gasteiger partial charge in [0.1, 0.15) is 5.75 Å². The van der Waals surface area contributed by atoms with Crippen LogP contribution in [0.1, 0.15) is 19.4 Å². The summed E-state index contributed by atoms with van der Waals surface area (Å²) in [6.45, 7) is 4.87. The van der Waals surface area contributed by atoms with Crippen LogP contribution in [0.2, 0.25) is 0 Å². The molecule has 0 amide bonds. The smallest absolute Gasteiger partial charge is 0.115 e. The van der Waals surface area contributed by atoms with Crippen LogP contribution < -0.4 is 0 Å². The Balaban J connectivity index is 2.66. The van der Waals surface area contributed by atoms with Crippen molar-refractivity contribution in [2.45, 2.75) is 25.9 Å². The van der Waals surface area contributed by atoms with Gasteiger partial charge in [0.15, 0.2) is 0 Å². The van der Waals surface area contributed by atoms with Crippen molar-refractivity contribution >= 4 is 0 Å². The fourth-order valence-electron chi connectivity index (χ4n) is 1.21. The number of phenols is 1. The second-order valence-electron chi connectivity index (χ2n) is 4.49. The lowest BCUT2D eigenvalue weighted by molar-refractivity contribution is 0.0734. The number of rotatable bonds is 4. The van der Waals surface area contributed by atoms with E-state index < -0.39 is 0 Å². The average molecular weight is 209 g/mol. The summed E-state index contributed by atoms with van der Waals surface area (Å²) in [5, 5.41) is 18.3. The topological polar surface area (TPSA) is 43.7 Å². The highest BCUT2D eigenvalue weighted by molar-refractivity contribution is 5.25. The summed E-state index contributed by atoms with van der Waals surface area (Å²) in [4.78, 5) is 2.08. The van der Waals surface area contributed by atoms with E-state index in [1.165, 1.54) is 0 Å². The van der Waals surface area contributed by atoms with Crippen LogP contribution in [0.5, 0.6) is 5.75 Å². The van der Waals surface area contributed by atoms with Crippen molar-refractivity contribution in [1.29, 1.82) is 0 Å². The quantitative estimate of drug-likeness (QED) is 0.791. The molecule has 0 bridgehead atoms. The minimum absolute atomic E-state index is 0.127. The summed E-state index contributed by atoms with van der Waals surface area (Å²) < 4.78 is 0. The SMILES string of the molecule is CN(Cc1ccc(O)cc1)C(C)(C)CO. The van der Waals surface area contributed by atoms with Crippen LogP contribution >= 0.6 is 0 Å². The van der Waals surface area contributed by atoms with E-state index in [1.807, 2.05) is 33.0 Å². The molecule has 2 N–H and O–H groups in total. The molecule has 1 aromatic carbocycles. The van der Waals surface area contributed by atoms with Crippen LogP contribution in [-0.4, -0.2) is 34.3 Å². The van der Waals surface area contributed by atoms with E-state index in [9.17, 15) is 5.11 Å². The fraction of sp³-hybridized carbons (Fsp3) is 0.500. The van der Waals surface area contributed by atoms with Crippen LogP contribution in [0.4, 0.5) is 0 Å². The molecule has 0 aliphatic rings. The molecule has 0 heterocycles. The van der Waals surface area contributed by atoms with Crippen molar-refractivity contribution < 1.29 is 10.2 Å². The van der Waals surface area contributed by atoms with E-state index >= 15 is 0 Å². The lowest BCUT2D eigenvalue weighted by Gasteiger charge is -2.33. The maximum Gasteiger partial charge on any atom is 0.115 e. The molecular weight excluding hydrogens is 190 g/mol. The molecule has 3 heteroatoms. The number of aliphatic hydroxyl groups is 1. The average Bonchev–Trinajstić information content (AvgIpc) is 2.21. The van der Waals surface area contributed by atoms with Crippen molar-refractivity contribution in [3.63, 3.8) is 0 Å². The first-order valence-electron chi connectivity index (χ1n) is 5.06. The number of phenolic OH excluding ortho intramolecular Hbond substituents is 1. The van der Waals surface area contributed by atoms with Gasteiger partial charge in [-0.2, -0.15) is 0 Å². The highest BCUT2D eigenvalue weighted by Crippen LogP contribution is 2.16. The monoisotopic (exact) mass is 209 g/mol. The predicted molar refractivity (Wildman–Crippen MR) is 60.7 cm³/mol. The summed E-state index contributed by atoms with van der Waals surface area (Å²) in [5.41, 5.74) is 0.898. The van der Waals surface area contributed by atoms with Crippen LogP contribution in [0.25, 0.3) is 0 Å². The first-order valence-corrected chi connectivity index (χ1v) is 5.06. The first kappa shape index (κ1) is 12.0. The predicted octanol–water partition coefficient (Wildman–Crippen LogP) is 1.59. The van der Waals surface area contributed by atoms with Crippen molar-refractivity contribution in [3.05, 3.63) is 29.8 Å². The van der Waals surface area contributed by atoms with Gasteiger partial charge >= 0.3 is 0 Å². The van der Waals surface area contributed by atoms with E-state index in [-0.39, 0.29) is 17.9 Å².